The van der Waals surface area contributed by atoms with E-state index in [-0.39, 0.29) is 12.1 Å². The molecule has 0 unspecified atom stereocenters. The number of nitrogens with zero attached hydrogens (tertiary/aromatic N) is 6. The summed E-state index contributed by atoms with van der Waals surface area (Å²) in [7, 11) is 3.80. The Bertz CT molecular complexity index is 721. The van der Waals surface area contributed by atoms with Crippen LogP contribution in [0.1, 0.15) is 48.7 Å². The lowest BCUT2D eigenvalue weighted by Crippen LogP contribution is -2.26. The lowest BCUT2D eigenvalue weighted by Gasteiger charge is -2.23. The predicted molar refractivity (Wildman–Crippen MR) is 89.5 cm³/mol. The van der Waals surface area contributed by atoms with Gasteiger partial charge in [0.05, 0.1) is 17.8 Å². The molecule has 2 aliphatic rings. The Labute approximate surface area is 142 Å². The van der Waals surface area contributed by atoms with Crippen molar-refractivity contribution < 1.29 is 4.74 Å². The van der Waals surface area contributed by atoms with Crippen LogP contribution in [0.25, 0.3) is 0 Å². The number of aromatic nitrogens is 5. The highest BCUT2D eigenvalue weighted by Gasteiger charge is 2.37. The van der Waals surface area contributed by atoms with Crippen LogP contribution in [0.2, 0.25) is 0 Å². The number of methoxy groups -OCH3 is 1. The number of hydrogen-bond donors (Lipinski definition) is 0. The Morgan fingerprint density at radius 3 is 3.00 bits per heavy atom. The van der Waals surface area contributed by atoms with Crippen molar-refractivity contribution in [3.63, 3.8) is 0 Å². The molecule has 0 aromatic carbocycles. The topological polar surface area (TPSA) is 61.0 Å². The van der Waals surface area contributed by atoms with E-state index in [0.717, 1.165) is 50.5 Å². The normalized spacial score (nSPS) is 24.0. The fourth-order valence-corrected chi connectivity index (χ4v) is 4.13. The molecule has 4 heterocycles. The molecule has 0 radical (unpaired) electrons. The zero-order valence-electron chi connectivity index (χ0n) is 14.8. The van der Waals surface area contributed by atoms with Gasteiger partial charge < -0.3 is 9.30 Å². The van der Waals surface area contributed by atoms with Gasteiger partial charge in [0, 0.05) is 52.0 Å². The molecule has 130 valence electrons. The lowest BCUT2D eigenvalue weighted by molar-refractivity contribution is 0.107. The third kappa shape index (κ3) is 2.65. The van der Waals surface area contributed by atoms with Gasteiger partial charge in [-0.1, -0.05) is 6.92 Å². The van der Waals surface area contributed by atoms with Crippen molar-refractivity contribution in [3.05, 3.63) is 29.1 Å². The molecule has 0 saturated carbocycles. The second-order valence-electron chi connectivity index (χ2n) is 6.90. The van der Waals surface area contributed by atoms with E-state index >= 15 is 0 Å². The van der Waals surface area contributed by atoms with E-state index in [9.17, 15) is 0 Å². The fraction of sp³-hybridized carbons (Fsp3) is 0.706. The van der Waals surface area contributed by atoms with Gasteiger partial charge in [-0.15, -0.1) is 10.2 Å². The Morgan fingerprint density at radius 2 is 2.21 bits per heavy atom. The van der Waals surface area contributed by atoms with Crippen molar-refractivity contribution in [1.29, 1.82) is 0 Å². The minimum absolute atomic E-state index is 0.256. The molecule has 1 fully saturated rings. The summed E-state index contributed by atoms with van der Waals surface area (Å²) in [6.45, 7) is 5.04. The highest BCUT2D eigenvalue weighted by molar-refractivity contribution is 5.18. The largest absolute Gasteiger partial charge is 0.380 e. The minimum Gasteiger partial charge on any atom is -0.380 e. The molecule has 7 nitrogen and oxygen atoms in total. The third-order valence-corrected chi connectivity index (χ3v) is 5.33. The SMILES string of the molecule is CCc1nn(C)cc1CN1C[C@H](OC)C[C@H]1c1nnc2n1CCC2. The minimum atomic E-state index is 0.256. The maximum Gasteiger partial charge on any atom is 0.150 e. The first-order valence-corrected chi connectivity index (χ1v) is 8.89. The zero-order valence-corrected chi connectivity index (χ0v) is 14.8. The zero-order chi connectivity index (χ0) is 16.7. The van der Waals surface area contributed by atoms with Gasteiger partial charge in [-0.05, 0) is 19.3 Å². The second-order valence-corrected chi connectivity index (χ2v) is 6.90. The summed E-state index contributed by atoms with van der Waals surface area (Å²) in [6, 6.07) is 0.277. The number of aryl methyl sites for hydroxylation is 3. The van der Waals surface area contributed by atoms with Crippen molar-refractivity contribution in [2.45, 2.75) is 57.8 Å². The van der Waals surface area contributed by atoms with Gasteiger partial charge in [0.1, 0.15) is 5.82 Å². The van der Waals surface area contributed by atoms with Gasteiger partial charge in [-0.3, -0.25) is 9.58 Å². The first-order chi connectivity index (χ1) is 11.7. The van der Waals surface area contributed by atoms with Crippen LogP contribution >= 0.6 is 0 Å². The fourth-order valence-electron chi connectivity index (χ4n) is 4.13. The standard InChI is InChI=1S/C17H26N6O/c1-4-14-12(9-21(2)20-14)10-22-11-13(24-3)8-15(22)17-19-18-16-6-5-7-23(16)17/h9,13,15H,4-8,10-11H2,1-3H3/t13-,15+/m1/s1. The number of likely N-dealkylation sites (tertiary alicyclic amines) is 1. The van der Waals surface area contributed by atoms with Crippen LogP contribution in [0.15, 0.2) is 6.20 Å². The second kappa shape index (κ2) is 6.29. The highest BCUT2D eigenvalue weighted by Crippen LogP contribution is 2.35. The average molecular weight is 330 g/mol. The van der Waals surface area contributed by atoms with Crippen LogP contribution in [-0.2, 0) is 37.7 Å². The molecule has 0 amide bonds. The van der Waals surface area contributed by atoms with E-state index in [2.05, 4.69) is 37.9 Å². The van der Waals surface area contributed by atoms with Crippen molar-refractivity contribution in [2.75, 3.05) is 13.7 Å². The average Bonchev–Trinajstić information content (AvgIpc) is 3.30. The van der Waals surface area contributed by atoms with Crippen LogP contribution < -0.4 is 0 Å². The van der Waals surface area contributed by atoms with Crippen LogP contribution in [-0.4, -0.2) is 49.2 Å². The van der Waals surface area contributed by atoms with Gasteiger partial charge in [0.15, 0.2) is 5.82 Å². The summed E-state index contributed by atoms with van der Waals surface area (Å²) in [5.74, 6) is 2.26. The number of ether oxygens (including phenoxy) is 1. The van der Waals surface area contributed by atoms with E-state index in [1.165, 1.54) is 17.7 Å². The molecule has 4 rings (SSSR count). The molecule has 0 bridgehead atoms. The molecule has 0 aliphatic carbocycles. The smallest absolute Gasteiger partial charge is 0.150 e. The molecule has 2 aromatic heterocycles. The molecular weight excluding hydrogens is 304 g/mol. The third-order valence-electron chi connectivity index (χ3n) is 5.33. The van der Waals surface area contributed by atoms with Gasteiger partial charge in [0.25, 0.3) is 0 Å². The first kappa shape index (κ1) is 15.8. The summed E-state index contributed by atoms with van der Waals surface area (Å²) in [5.41, 5.74) is 2.49. The quantitative estimate of drug-likeness (QED) is 0.831. The van der Waals surface area contributed by atoms with Crippen molar-refractivity contribution in [1.82, 2.24) is 29.4 Å². The van der Waals surface area contributed by atoms with Crippen molar-refractivity contribution >= 4 is 0 Å². The van der Waals surface area contributed by atoms with E-state index in [0.29, 0.717) is 0 Å². The van der Waals surface area contributed by atoms with E-state index in [1.54, 1.807) is 7.11 Å². The van der Waals surface area contributed by atoms with Gasteiger partial charge >= 0.3 is 0 Å². The Kier molecular flexibility index (Phi) is 4.14. The van der Waals surface area contributed by atoms with Crippen LogP contribution in [0.4, 0.5) is 0 Å². The molecule has 0 spiro atoms. The van der Waals surface area contributed by atoms with Crippen molar-refractivity contribution in [3.8, 4) is 0 Å². The lowest BCUT2D eigenvalue weighted by atomic mass is 10.1. The monoisotopic (exact) mass is 330 g/mol. The van der Waals surface area contributed by atoms with Gasteiger partial charge in [-0.25, -0.2) is 0 Å². The molecule has 7 heteroatoms. The predicted octanol–water partition coefficient (Wildman–Crippen LogP) is 1.48. The van der Waals surface area contributed by atoms with E-state index in [4.69, 9.17) is 4.74 Å². The van der Waals surface area contributed by atoms with E-state index in [1.807, 2.05) is 11.7 Å². The molecule has 1 saturated heterocycles. The maximum absolute atomic E-state index is 5.67. The van der Waals surface area contributed by atoms with Crippen LogP contribution in [0.3, 0.4) is 0 Å². The van der Waals surface area contributed by atoms with Gasteiger partial charge in [0.2, 0.25) is 0 Å². The van der Waals surface area contributed by atoms with Crippen molar-refractivity contribution in [2.24, 2.45) is 7.05 Å². The summed E-state index contributed by atoms with van der Waals surface area (Å²) in [6.07, 6.45) is 6.58. The van der Waals surface area contributed by atoms with Crippen LogP contribution in [0, 0.1) is 0 Å². The van der Waals surface area contributed by atoms with Gasteiger partial charge in [-0.2, -0.15) is 5.10 Å². The number of fused-ring (bicyclic) bond motifs is 1. The Balaban J connectivity index is 1.61. The Hall–Kier alpha value is -1.73. The summed E-state index contributed by atoms with van der Waals surface area (Å²) < 4.78 is 9.91. The Morgan fingerprint density at radius 1 is 1.33 bits per heavy atom. The molecule has 2 aliphatic heterocycles. The number of rotatable bonds is 5. The molecule has 0 N–H and O–H groups in total. The summed E-state index contributed by atoms with van der Waals surface area (Å²) in [5, 5.41) is 13.5. The molecule has 2 atom stereocenters. The number of hydrogen-bond acceptors (Lipinski definition) is 5. The first-order valence-electron chi connectivity index (χ1n) is 8.89. The molecule has 2 aromatic rings. The summed E-state index contributed by atoms with van der Waals surface area (Å²) >= 11 is 0. The molecule has 24 heavy (non-hydrogen) atoms. The maximum atomic E-state index is 5.67. The van der Waals surface area contributed by atoms with Crippen LogP contribution in [0.5, 0.6) is 0 Å². The van der Waals surface area contributed by atoms with E-state index < -0.39 is 0 Å². The summed E-state index contributed by atoms with van der Waals surface area (Å²) in [4.78, 5) is 2.49. The highest BCUT2D eigenvalue weighted by atomic mass is 16.5. The molecular formula is C17H26N6O.